The number of carbonyl (C=O) groups excluding carboxylic acids is 1. The van der Waals surface area contributed by atoms with Crippen LogP contribution in [0.2, 0.25) is 0 Å². The lowest BCUT2D eigenvalue weighted by atomic mass is 10.0. The molecular formula is C24H23N3O4. The van der Waals surface area contributed by atoms with Crippen molar-refractivity contribution < 1.29 is 9.72 Å². The lowest BCUT2D eigenvalue weighted by Gasteiger charge is -2.26. The zero-order chi connectivity index (χ0) is 21.5. The molecule has 1 aromatic heterocycles. The van der Waals surface area contributed by atoms with Crippen molar-refractivity contribution in [2.24, 2.45) is 0 Å². The summed E-state index contributed by atoms with van der Waals surface area (Å²) in [6, 6.07) is 11.5. The van der Waals surface area contributed by atoms with Crippen molar-refractivity contribution in [3.05, 3.63) is 74.1 Å². The molecule has 1 saturated heterocycles. The largest absolute Gasteiger partial charge is 0.307 e. The molecule has 0 saturated carbocycles. The van der Waals surface area contributed by atoms with Gasteiger partial charge in [0, 0.05) is 35.2 Å². The minimum atomic E-state index is -0.511. The summed E-state index contributed by atoms with van der Waals surface area (Å²) in [5.74, 6) is -0.130. The predicted molar refractivity (Wildman–Crippen MR) is 119 cm³/mol. The van der Waals surface area contributed by atoms with E-state index in [-0.39, 0.29) is 22.4 Å². The van der Waals surface area contributed by atoms with Crippen LogP contribution in [0, 0.1) is 10.1 Å². The van der Waals surface area contributed by atoms with Crippen molar-refractivity contribution in [3.63, 3.8) is 0 Å². The van der Waals surface area contributed by atoms with Crippen LogP contribution >= 0.6 is 0 Å². The summed E-state index contributed by atoms with van der Waals surface area (Å²) < 4.78 is 1.66. The highest BCUT2D eigenvalue weighted by Gasteiger charge is 2.32. The van der Waals surface area contributed by atoms with Gasteiger partial charge in [0.05, 0.1) is 21.6 Å². The normalized spacial score (nSPS) is 15.8. The molecule has 2 aliphatic rings. The quantitative estimate of drug-likeness (QED) is 0.362. The monoisotopic (exact) mass is 417 g/mol. The highest BCUT2D eigenvalue weighted by molar-refractivity contribution is 6.26. The average molecular weight is 417 g/mol. The number of aromatic nitrogens is 1. The molecule has 5 rings (SSSR count). The molecule has 0 bridgehead atoms. The molecule has 0 amide bonds. The molecule has 0 N–H and O–H groups in total. The molecule has 0 radical (unpaired) electrons. The number of non-ortho nitro benzene ring substituents is 1. The standard InChI is InChI=1S/C24H23N3O4/c28-23-19-8-3-2-7-18(19)22-21(23)17-10-9-16(27(30)31)15-20(17)24(29)26(22)14-6-13-25-11-4-1-5-12-25/h2-3,7-10,15H,1,4-6,11-14H2. The number of nitro benzene ring substituents is 1. The molecule has 0 unspecified atom stereocenters. The number of fused-ring (bicyclic) bond motifs is 5. The SMILES string of the molecule is O=C1c2ccccc2-c2c1c1ccc([N+](=O)[O-])cc1c(=O)n2CCCN1CCCCC1. The van der Waals surface area contributed by atoms with E-state index in [4.69, 9.17) is 0 Å². The van der Waals surface area contributed by atoms with Crippen LogP contribution in [-0.2, 0) is 6.54 Å². The number of nitro groups is 1. The molecule has 2 aromatic carbocycles. The maximum atomic E-state index is 13.5. The van der Waals surface area contributed by atoms with E-state index in [0.29, 0.717) is 28.8 Å². The Morgan fingerprint density at radius 2 is 1.65 bits per heavy atom. The van der Waals surface area contributed by atoms with Gasteiger partial charge in [0.1, 0.15) is 0 Å². The Kier molecular flexibility index (Phi) is 4.90. The number of carbonyl (C=O) groups is 1. The average Bonchev–Trinajstić information content (AvgIpc) is 3.09. The molecule has 7 nitrogen and oxygen atoms in total. The second-order valence-electron chi connectivity index (χ2n) is 8.30. The van der Waals surface area contributed by atoms with Crippen LogP contribution in [0.3, 0.4) is 0 Å². The maximum absolute atomic E-state index is 13.5. The lowest BCUT2D eigenvalue weighted by Crippen LogP contribution is -2.32. The number of hydrogen-bond donors (Lipinski definition) is 0. The summed E-state index contributed by atoms with van der Waals surface area (Å²) in [7, 11) is 0. The fraction of sp³-hybridized carbons (Fsp3) is 0.333. The first-order valence-corrected chi connectivity index (χ1v) is 10.8. The number of pyridine rings is 1. The Balaban J connectivity index is 1.64. The van der Waals surface area contributed by atoms with E-state index in [2.05, 4.69) is 4.90 Å². The second kappa shape index (κ2) is 7.74. The molecule has 2 heterocycles. The van der Waals surface area contributed by atoms with Gasteiger partial charge in [-0.2, -0.15) is 0 Å². The van der Waals surface area contributed by atoms with Gasteiger partial charge in [-0.05, 0) is 45.0 Å². The molecule has 158 valence electrons. The number of hydrogen-bond acceptors (Lipinski definition) is 5. The van der Waals surface area contributed by atoms with Gasteiger partial charge in [-0.1, -0.05) is 30.7 Å². The number of likely N-dealkylation sites (tertiary alicyclic amines) is 1. The van der Waals surface area contributed by atoms with E-state index in [1.807, 2.05) is 18.2 Å². The van der Waals surface area contributed by atoms with Crippen LogP contribution in [0.5, 0.6) is 0 Å². The molecule has 31 heavy (non-hydrogen) atoms. The van der Waals surface area contributed by atoms with E-state index in [0.717, 1.165) is 31.6 Å². The smallest absolute Gasteiger partial charge is 0.270 e. The number of nitrogens with zero attached hydrogens (tertiary/aromatic N) is 3. The van der Waals surface area contributed by atoms with Crippen LogP contribution in [0.15, 0.2) is 47.3 Å². The minimum Gasteiger partial charge on any atom is -0.307 e. The van der Waals surface area contributed by atoms with E-state index < -0.39 is 4.92 Å². The highest BCUT2D eigenvalue weighted by Crippen LogP contribution is 2.39. The Bertz CT molecular complexity index is 1270. The lowest BCUT2D eigenvalue weighted by molar-refractivity contribution is -0.384. The molecule has 3 aromatic rings. The molecule has 0 atom stereocenters. The van der Waals surface area contributed by atoms with Crippen LogP contribution in [0.4, 0.5) is 5.69 Å². The summed E-state index contributed by atoms with van der Waals surface area (Å²) in [4.78, 5) is 39.9. The van der Waals surface area contributed by atoms with Crippen molar-refractivity contribution >= 4 is 22.2 Å². The third-order valence-electron chi connectivity index (χ3n) is 6.42. The van der Waals surface area contributed by atoms with E-state index in [1.165, 1.54) is 37.5 Å². The molecule has 1 fully saturated rings. The van der Waals surface area contributed by atoms with Crippen LogP contribution in [0.25, 0.3) is 22.0 Å². The van der Waals surface area contributed by atoms with Gasteiger partial charge >= 0.3 is 0 Å². The fourth-order valence-electron chi connectivity index (χ4n) is 4.93. The van der Waals surface area contributed by atoms with Gasteiger partial charge < -0.3 is 9.47 Å². The number of benzene rings is 2. The first kappa shape index (κ1) is 19.6. The Morgan fingerprint density at radius 3 is 2.39 bits per heavy atom. The van der Waals surface area contributed by atoms with Crippen molar-refractivity contribution in [2.45, 2.75) is 32.2 Å². The first-order chi connectivity index (χ1) is 15.1. The van der Waals surface area contributed by atoms with Crippen molar-refractivity contribution in [1.29, 1.82) is 0 Å². The molecule has 0 spiro atoms. The summed E-state index contributed by atoms with van der Waals surface area (Å²) in [6.07, 6.45) is 4.46. The van der Waals surface area contributed by atoms with Crippen LogP contribution in [-0.4, -0.2) is 39.8 Å². The zero-order valence-electron chi connectivity index (χ0n) is 17.2. The van der Waals surface area contributed by atoms with Crippen LogP contribution < -0.4 is 5.56 Å². The number of rotatable bonds is 5. The molecule has 1 aliphatic heterocycles. The predicted octanol–water partition coefficient (Wildman–Crippen LogP) is 4.00. The maximum Gasteiger partial charge on any atom is 0.270 e. The Labute approximate surface area is 179 Å². The van der Waals surface area contributed by atoms with E-state index in [1.54, 1.807) is 10.6 Å². The number of piperidine rings is 1. The fourth-order valence-corrected chi connectivity index (χ4v) is 4.93. The van der Waals surface area contributed by atoms with Gasteiger partial charge in [0.25, 0.3) is 11.2 Å². The van der Waals surface area contributed by atoms with Gasteiger partial charge in [-0.3, -0.25) is 19.7 Å². The third kappa shape index (κ3) is 3.25. The topological polar surface area (TPSA) is 85.5 Å². The summed E-state index contributed by atoms with van der Waals surface area (Å²) in [5.41, 5.74) is 2.03. The van der Waals surface area contributed by atoms with Gasteiger partial charge in [-0.15, -0.1) is 0 Å². The van der Waals surface area contributed by atoms with Crippen molar-refractivity contribution in [2.75, 3.05) is 19.6 Å². The van der Waals surface area contributed by atoms with E-state index in [9.17, 15) is 19.7 Å². The molecule has 7 heteroatoms. The van der Waals surface area contributed by atoms with Crippen molar-refractivity contribution in [3.8, 4) is 11.3 Å². The van der Waals surface area contributed by atoms with Gasteiger partial charge in [0.15, 0.2) is 5.78 Å². The minimum absolute atomic E-state index is 0.130. The Hall–Kier alpha value is -3.32. The third-order valence-corrected chi connectivity index (χ3v) is 6.42. The molecular weight excluding hydrogens is 394 g/mol. The summed E-state index contributed by atoms with van der Waals surface area (Å²) in [5, 5.41) is 12.0. The van der Waals surface area contributed by atoms with E-state index >= 15 is 0 Å². The van der Waals surface area contributed by atoms with Crippen molar-refractivity contribution in [1.82, 2.24) is 9.47 Å². The summed E-state index contributed by atoms with van der Waals surface area (Å²) >= 11 is 0. The molecule has 1 aliphatic carbocycles. The number of ketones is 1. The highest BCUT2D eigenvalue weighted by atomic mass is 16.6. The van der Waals surface area contributed by atoms with Crippen LogP contribution in [0.1, 0.15) is 41.6 Å². The first-order valence-electron chi connectivity index (χ1n) is 10.8. The zero-order valence-corrected chi connectivity index (χ0v) is 17.2. The van der Waals surface area contributed by atoms with Gasteiger partial charge in [0.2, 0.25) is 0 Å². The summed E-state index contributed by atoms with van der Waals surface area (Å²) in [6.45, 7) is 3.53. The second-order valence-corrected chi connectivity index (χ2v) is 8.30. The Morgan fingerprint density at radius 1 is 0.903 bits per heavy atom. The van der Waals surface area contributed by atoms with Gasteiger partial charge in [-0.25, -0.2) is 0 Å².